The van der Waals surface area contributed by atoms with E-state index in [4.69, 9.17) is 9.15 Å². The number of hydrogen-bond donors (Lipinski definition) is 2. The number of ether oxygens (including phenoxy) is 1. The molecule has 1 fully saturated rings. The quantitative estimate of drug-likeness (QED) is 0.648. The van der Waals surface area contributed by atoms with Crippen LogP contribution in [0.1, 0.15) is 53.8 Å². The van der Waals surface area contributed by atoms with Gasteiger partial charge < -0.3 is 19.8 Å². The van der Waals surface area contributed by atoms with Crippen molar-refractivity contribution in [1.29, 1.82) is 0 Å². The van der Waals surface area contributed by atoms with Gasteiger partial charge in [0.25, 0.3) is 0 Å². The maximum absolute atomic E-state index is 12.3. The number of thiazole rings is 1. The van der Waals surface area contributed by atoms with Crippen molar-refractivity contribution in [2.45, 2.75) is 45.2 Å². The highest BCUT2D eigenvalue weighted by Crippen LogP contribution is 2.41. The highest BCUT2D eigenvalue weighted by molar-refractivity contribution is 7.09. The number of carbonyl (C=O) groups is 1. The third-order valence-corrected chi connectivity index (χ3v) is 5.90. The van der Waals surface area contributed by atoms with Crippen LogP contribution in [0, 0.1) is 6.92 Å². The van der Waals surface area contributed by atoms with E-state index in [1.807, 2.05) is 37.4 Å². The van der Waals surface area contributed by atoms with Gasteiger partial charge in [-0.25, -0.2) is 9.78 Å². The first-order valence-corrected chi connectivity index (χ1v) is 9.99. The lowest BCUT2D eigenvalue weighted by atomic mass is 10.1. The van der Waals surface area contributed by atoms with E-state index >= 15 is 0 Å². The minimum atomic E-state index is -0.249. The molecule has 1 saturated carbocycles. The molecule has 1 unspecified atom stereocenters. The molecule has 27 heavy (non-hydrogen) atoms. The van der Waals surface area contributed by atoms with Gasteiger partial charge in [0.2, 0.25) is 0 Å². The fraction of sp³-hybridized carbons (Fsp3) is 0.400. The molecule has 6 nitrogen and oxygen atoms in total. The van der Waals surface area contributed by atoms with Crippen molar-refractivity contribution in [3.8, 4) is 5.75 Å². The van der Waals surface area contributed by atoms with Crippen LogP contribution in [0.2, 0.25) is 0 Å². The summed E-state index contributed by atoms with van der Waals surface area (Å²) in [7, 11) is 1.64. The molecule has 7 heteroatoms. The first-order chi connectivity index (χ1) is 13.0. The van der Waals surface area contributed by atoms with E-state index in [0.29, 0.717) is 12.5 Å². The molecule has 4 rings (SSSR count). The highest BCUT2D eigenvalue weighted by Gasteiger charge is 2.26. The van der Waals surface area contributed by atoms with Crippen molar-refractivity contribution in [2.24, 2.45) is 0 Å². The summed E-state index contributed by atoms with van der Waals surface area (Å²) in [5.74, 6) is 2.18. The normalized spacial score (nSPS) is 14.9. The average Bonchev–Trinajstić information content (AvgIpc) is 3.32. The highest BCUT2D eigenvalue weighted by atomic mass is 32.1. The summed E-state index contributed by atoms with van der Waals surface area (Å²) in [6.45, 7) is 4.33. The summed E-state index contributed by atoms with van der Waals surface area (Å²) < 4.78 is 11.2. The van der Waals surface area contributed by atoms with Crippen LogP contribution in [-0.2, 0) is 6.54 Å². The number of nitrogens with one attached hydrogen (secondary N) is 2. The topological polar surface area (TPSA) is 76.4 Å². The van der Waals surface area contributed by atoms with Crippen molar-refractivity contribution < 1.29 is 13.9 Å². The molecular formula is C20H23N3O3S. The third-order valence-electron chi connectivity index (χ3n) is 4.85. The Morgan fingerprint density at radius 3 is 3.00 bits per heavy atom. The van der Waals surface area contributed by atoms with Crippen LogP contribution in [0.3, 0.4) is 0 Å². The van der Waals surface area contributed by atoms with E-state index in [2.05, 4.69) is 15.6 Å². The van der Waals surface area contributed by atoms with Crippen LogP contribution in [0.15, 0.2) is 28.0 Å². The minimum absolute atomic E-state index is 0.235. The van der Waals surface area contributed by atoms with Gasteiger partial charge in [-0.15, -0.1) is 11.3 Å². The lowest BCUT2D eigenvalue weighted by molar-refractivity contribution is 0.236. The summed E-state index contributed by atoms with van der Waals surface area (Å²) >= 11 is 1.68. The van der Waals surface area contributed by atoms with E-state index in [-0.39, 0.29) is 12.1 Å². The van der Waals surface area contributed by atoms with Gasteiger partial charge in [-0.3, -0.25) is 0 Å². The number of methoxy groups -OCH3 is 1. The number of carbonyl (C=O) groups excluding carboxylic acids is 1. The zero-order valence-corrected chi connectivity index (χ0v) is 16.5. The number of hydrogen-bond acceptors (Lipinski definition) is 5. The van der Waals surface area contributed by atoms with Gasteiger partial charge in [0, 0.05) is 22.2 Å². The lowest BCUT2D eigenvalue weighted by Crippen LogP contribution is -2.36. The molecule has 2 aromatic heterocycles. The van der Waals surface area contributed by atoms with Crippen molar-refractivity contribution in [2.75, 3.05) is 7.11 Å². The van der Waals surface area contributed by atoms with Crippen LogP contribution in [-0.4, -0.2) is 18.1 Å². The molecule has 3 aromatic rings. The summed E-state index contributed by atoms with van der Waals surface area (Å²) in [5.41, 5.74) is 2.70. The zero-order valence-electron chi connectivity index (χ0n) is 15.7. The predicted molar refractivity (Wildman–Crippen MR) is 105 cm³/mol. The molecule has 0 radical (unpaired) electrons. The summed E-state index contributed by atoms with van der Waals surface area (Å²) in [6.07, 6.45) is 2.47. The van der Waals surface area contributed by atoms with E-state index in [0.717, 1.165) is 33.7 Å². The Hall–Kier alpha value is -2.54. The molecular weight excluding hydrogens is 362 g/mol. The maximum Gasteiger partial charge on any atom is 0.315 e. The number of aryl methyl sites for hydroxylation is 1. The van der Waals surface area contributed by atoms with Gasteiger partial charge in [0.15, 0.2) is 0 Å². The molecule has 1 aliphatic rings. The van der Waals surface area contributed by atoms with Gasteiger partial charge >= 0.3 is 6.03 Å². The van der Waals surface area contributed by atoms with Crippen molar-refractivity contribution in [3.05, 3.63) is 45.6 Å². The Kier molecular flexibility index (Phi) is 4.78. The first-order valence-electron chi connectivity index (χ1n) is 9.11. The Bertz CT molecular complexity index is 974. The number of nitrogens with zero attached hydrogens (tertiary/aromatic N) is 1. The number of rotatable bonds is 6. The van der Waals surface area contributed by atoms with Crippen LogP contribution in [0.4, 0.5) is 4.79 Å². The Labute approximate surface area is 161 Å². The number of urea groups is 1. The number of fused-ring (bicyclic) bond motifs is 1. The standard InChI is InChI=1S/C20H23N3O3S/c1-11-16-8-15(25-3)6-7-17(16)26-18(11)12(2)22-20(24)21-9-14-10-27-19(23-14)13-4-5-13/h6-8,10,12-13H,4-5,9H2,1-3H3,(H2,21,22,24). The van der Waals surface area contributed by atoms with Gasteiger partial charge in [0.05, 0.1) is 30.4 Å². The largest absolute Gasteiger partial charge is 0.497 e. The van der Waals surface area contributed by atoms with Crippen LogP contribution in [0.25, 0.3) is 11.0 Å². The second-order valence-electron chi connectivity index (χ2n) is 6.95. The molecule has 1 aliphatic carbocycles. The zero-order chi connectivity index (χ0) is 19.0. The predicted octanol–water partition coefficient (Wildman–Crippen LogP) is 4.64. The number of furan rings is 1. The van der Waals surface area contributed by atoms with E-state index in [1.54, 1.807) is 18.4 Å². The monoisotopic (exact) mass is 385 g/mol. The van der Waals surface area contributed by atoms with Gasteiger partial charge in [0.1, 0.15) is 17.1 Å². The van der Waals surface area contributed by atoms with Gasteiger partial charge in [-0.1, -0.05) is 0 Å². The minimum Gasteiger partial charge on any atom is -0.497 e. The molecule has 2 N–H and O–H groups in total. The Balaban J connectivity index is 1.38. The lowest BCUT2D eigenvalue weighted by Gasteiger charge is -2.13. The summed E-state index contributed by atoms with van der Waals surface area (Å²) in [6, 6.07) is 5.21. The second-order valence-corrected chi connectivity index (χ2v) is 7.84. The van der Waals surface area contributed by atoms with Crippen LogP contribution >= 0.6 is 11.3 Å². The summed E-state index contributed by atoms with van der Waals surface area (Å²) in [5, 5.41) is 10.0. The fourth-order valence-corrected chi connectivity index (χ4v) is 4.16. The Morgan fingerprint density at radius 1 is 1.44 bits per heavy atom. The molecule has 0 aliphatic heterocycles. The fourth-order valence-electron chi connectivity index (χ4n) is 3.16. The molecule has 0 spiro atoms. The summed E-state index contributed by atoms with van der Waals surface area (Å²) in [4.78, 5) is 16.9. The van der Waals surface area contributed by atoms with Crippen molar-refractivity contribution in [1.82, 2.24) is 15.6 Å². The average molecular weight is 385 g/mol. The molecule has 2 heterocycles. The van der Waals surface area contributed by atoms with Gasteiger partial charge in [-0.05, 0) is 44.9 Å². The SMILES string of the molecule is COc1ccc2oc(C(C)NC(=O)NCc3csc(C4CC4)n3)c(C)c2c1. The maximum atomic E-state index is 12.3. The van der Waals surface area contributed by atoms with Crippen molar-refractivity contribution >= 4 is 28.3 Å². The second kappa shape index (κ2) is 7.23. The smallest absolute Gasteiger partial charge is 0.315 e. The molecule has 0 saturated heterocycles. The molecule has 2 amide bonds. The number of amides is 2. The van der Waals surface area contributed by atoms with E-state index in [9.17, 15) is 4.79 Å². The third kappa shape index (κ3) is 3.78. The van der Waals surface area contributed by atoms with Gasteiger partial charge in [-0.2, -0.15) is 0 Å². The Morgan fingerprint density at radius 2 is 2.26 bits per heavy atom. The molecule has 1 atom stereocenters. The first kappa shape index (κ1) is 17.9. The van der Waals surface area contributed by atoms with E-state index < -0.39 is 0 Å². The number of aromatic nitrogens is 1. The van der Waals surface area contributed by atoms with E-state index in [1.165, 1.54) is 17.8 Å². The molecule has 142 valence electrons. The van der Waals surface area contributed by atoms with Crippen LogP contribution < -0.4 is 15.4 Å². The van der Waals surface area contributed by atoms with Crippen molar-refractivity contribution in [3.63, 3.8) is 0 Å². The molecule has 1 aromatic carbocycles. The number of benzene rings is 1. The van der Waals surface area contributed by atoms with Crippen LogP contribution in [0.5, 0.6) is 5.75 Å². The molecule has 0 bridgehead atoms.